The van der Waals surface area contributed by atoms with Crippen LogP contribution >= 0.6 is 0 Å². The maximum absolute atomic E-state index is 11.6. The molecule has 1 saturated heterocycles. The molecule has 4 nitrogen and oxygen atoms in total. The number of likely N-dealkylation sites (tertiary alicyclic amines) is 1. The molecule has 1 N–H and O–H groups in total. The van der Waals surface area contributed by atoms with Gasteiger partial charge in [-0.15, -0.1) is 0 Å². The summed E-state index contributed by atoms with van der Waals surface area (Å²) in [6, 6.07) is 0. The highest BCUT2D eigenvalue weighted by atomic mass is 16.3. The lowest BCUT2D eigenvalue weighted by Crippen LogP contribution is -2.33. The summed E-state index contributed by atoms with van der Waals surface area (Å²) >= 11 is 0. The van der Waals surface area contributed by atoms with Crippen molar-refractivity contribution in [1.29, 1.82) is 0 Å². The van der Waals surface area contributed by atoms with Gasteiger partial charge in [-0.2, -0.15) is 0 Å². The van der Waals surface area contributed by atoms with Crippen LogP contribution < -0.4 is 0 Å². The standard InChI is InChI=1S/C10H17NO3/c1-6(12)4-5-11-9(13)7(2)8(3)10(11)14/h6-8,12H,4-5H2,1-3H3. The van der Waals surface area contributed by atoms with Gasteiger partial charge in [-0.3, -0.25) is 14.5 Å². The van der Waals surface area contributed by atoms with Gasteiger partial charge in [-0.25, -0.2) is 0 Å². The first kappa shape index (κ1) is 11.2. The Bertz CT molecular complexity index is 230. The molecule has 3 atom stereocenters. The topological polar surface area (TPSA) is 57.6 Å². The van der Waals surface area contributed by atoms with Gasteiger partial charge in [0.05, 0.1) is 6.10 Å². The fourth-order valence-electron chi connectivity index (χ4n) is 1.56. The number of amides is 2. The molecule has 4 heteroatoms. The zero-order chi connectivity index (χ0) is 10.9. The minimum atomic E-state index is -0.471. The SMILES string of the molecule is CC(O)CCN1C(=O)C(C)C(C)C1=O. The van der Waals surface area contributed by atoms with Crippen molar-refractivity contribution < 1.29 is 14.7 Å². The molecule has 1 heterocycles. The molecule has 0 aromatic rings. The zero-order valence-electron chi connectivity index (χ0n) is 8.86. The number of rotatable bonds is 3. The third kappa shape index (κ3) is 1.95. The highest BCUT2D eigenvalue weighted by Crippen LogP contribution is 2.25. The highest BCUT2D eigenvalue weighted by Gasteiger charge is 2.41. The number of aliphatic hydroxyl groups excluding tert-OH is 1. The molecule has 2 amide bonds. The van der Waals surface area contributed by atoms with Gasteiger partial charge in [0.2, 0.25) is 11.8 Å². The largest absolute Gasteiger partial charge is 0.393 e. The molecule has 0 bridgehead atoms. The van der Waals surface area contributed by atoms with E-state index in [1.54, 1.807) is 20.8 Å². The van der Waals surface area contributed by atoms with Crippen LogP contribution in [0.3, 0.4) is 0 Å². The molecule has 0 aromatic heterocycles. The van der Waals surface area contributed by atoms with Crippen LogP contribution in [0.25, 0.3) is 0 Å². The number of imide groups is 1. The number of aliphatic hydroxyl groups is 1. The van der Waals surface area contributed by atoms with E-state index in [0.717, 1.165) is 0 Å². The molecule has 1 rings (SSSR count). The predicted molar refractivity (Wildman–Crippen MR) is 51.3 cm³/mol. The van der Waals surface area contributed by atoms with Crippen LogP contribution in [0.1, 0.15) is 27.2 Å². The van der Waals surface area contributed by atoms with E-state index in [2.05, 4.69) is 0 Å². The van der Waals surface area contributed by atoms with Crippen LogP contribution in [-0.4, -0.2) is 34.5 Å². The molecule has 0 saturated carbocycles. The quantitative estimate of drug-likeness (QED) is 0.669. The van der Waals surface area contributed by atoms with Gasteiger partial charge in [0.1, 0.15) is 0 Å². The van der Waals surface area contributed by atoms with E-state index in [1.807, 2.05) is 0 Å². The van der Waals surface area contributed by atoms with Crippen molar-refractivity contribution in [2.75, 3.05) is 6.54 Å². The Morgan fingerprint density at radius 2 is 1.71 bits per heavy atom. The Morgan fingerprint density at radius 3 is 2.07 bits per heavy atom. The second-order valence-electron chi connectivity index (χ2n) is 4.04. The van der Waals surface area contributed by atoms with Crippen molar-refractivity contribution in [1.82, 2.24) is 4.90 Å². The van der Waals surface area contributed by atoms with E-state index < -0.39 is 6.10 Å². The summed E-state index contributed by atoms with van der Waals surface area (Å²) in [5.74, 6) is -0.640. The molecular formula is C10H17NO3. The molecule has 0 radical (unpaired) electrons. The molecule has 0 aliphatic carbocycles. The summed E-state index contributed by atoms with van der Waals surface area (Å²) in [4.78, 5) is 24.4. The van der Waals surface area contributed by atoms with E-state index >= 15 is 0 Å². The van der Waals surface area contributed by atoms with Gasteiger partial charge in [0, 0.05) is 18.4 Å². The third-order valence-corrected chi connectivity index (χ3v) is 2.83. The predicted octanol–water partition coefficient (Wildman–Crippen LogP) is 0.398. The van der Waals surface area contributed by atoms with E-state index in [1.165, 1.54) is 4.90 Å². The number of carbonyl (C=O) groups excluding carboxylic acids is 2. The third-order valence-electron chi connectivity index (χ3n) is 2.83. The molecule has 0 spiro atoms. The normalized spacial score (nSPS) is 29.9. The van der Waals surface area contributed by atoms with Gasteiger partial charge < -0.3 is 5.11 Å². The van der Waals surface area contributed by atoms with Crippen LogP contribution in [0.5, 0.6) is 0 Å². The fourth-order valence-corrected chi connectivity index (χ4v) is 1.56. The van der Waals surface area contributed by atoms with Crippen molar-refractivity contribution in [2.45, 2.75) is 33.3 Å². The number of hydrogen-bond acceptors (Lipinski definition) is 3. The molecule has 1 aliphatic heterocycles. The van der Waals surface area contributed by atoms with E-state index in [4.69, 9.17) is 5.11 Å². The van der Waals surface area contributed by atoms with Crippen LogP contribution in [-0.2, 0) is 9.59 Å². The Hall–Kier alpha value is -0.900. The molecule has 1 fully saturated rings. The lowest BCUT2D eigenvalue weighted by Gasteiger charge is -2.15. The average Bonchev–Trinajstić information content (AvgIpc) is 2.29. The minimum absolute atomic E-state index is 0.108. The lowest BCUT2D eigenvalue weighted by atomic mass is 10.00. The van der Waals surface area contributed by atoms with E-state index in [0.29, 0.717) is 13.0 Å². The molecule has 3 unspecified atom stereocenters. The first-order valence-corrected chi connectivity index (χ1v) is 4.98. The van der Waals surface area contributed by atoms with Crippen molar-refractivity contribution in [3.8, 4) is 0 Å². The second kappa shape index (κ2) is 4.09. The summed E-state index contributed by atoms with van der Waals surface area (Å²) < 4.78 is 0. The Labute approximate surface area is 83.9 Å². The first-order valence-electron chi connectivity index (χ1n) is 4.98. The van der Waals surface area contributed by atoms with E-state index in [9.17, 15) is 9.59 Å². The van der Waals surface area contributed by atoms with Crippen molar-refractivity contribution >= 4 is 11.8 Å². The van der Waals surface area contributed by atoms with Crippen LogP contribution in [0.15, 0.2) is 0 Å². The summed E-state index contributed by atoms with van der Waals surface area (Å²) in [6.45, 7) is 5.53. The molecule has 0 aromatic carbocycles. The number of hydrogen-bond donors (Lipinski definition) is 1. The average molecular weight is 199 g/mol. The Morgan fingerprint density at radius 1 is 1.29 bits per heavy atom. The zero-order valence-corrected chi connectivity index (χ0v) is 8.86. The van der Waals surface area contributed by atoms with Crippen LogP contribution in [0.2, 0.25) is 0 Å². The summed E-state index contributed by atoms with van der Waals surface area (Å²) in [5, 5.41) is 9.07. The van der Waals surface area contributed by atoms with Gasteiger partial charge in [0.15, 0.2) is 0 Å². The highest BCUT2D eigenvalue weighted by molar-refractivity contribution is 6.04. The Kier molecular flexibility index (Phi) is 3.26. The van der Waals surface area contributed by atoms with Crippen LogP contribution in [0.4, 0.5) is 0 Å². The molecule has 80 valence electrons. The molecular weight excluding hydrogens is 182 g/mol. The van der Waals surface area contributed by atoms with Crippen LogP contribution in [0, 0.1) is 11.8 Å². The first-order chi connectivity index (χ1) is 6.45. The van der Waals surface area contributed by atoms with E-state index in [-0.39, 0.29) is 23.7 Å². The molecule has 1 aliphatic rings. The Balaban J connectivity index is 2.61. The minimum Gasteiger partial charge on any atom is -0.393 e. The maximum atomic E-state index is 11.6. The van der Waals surface area contributed by atoms with Crippen molar-refractivity contribution in [2.24, 2.45) is 11.8 Å². The fraction of sp³-hybridized carbons (Fsp3) is 0.800. The van der Waals surface area contributed by atoms with Gasteiger partial charge in [0.25, 0.3) is 0 Å². The second-order valence-corrected chi connectivity index (χ2v) is 4.04. The monoisotopic (exact) mass is 199 g/mol. The van der Waals surface area contributed by atoms with Crippen molar-refractivity contribution in [3.63, 3.8) is 0 Å². The van der Waals surface area contributed by atoms with Gasteiger partial charge >= 0.3 is 0 Å². The number of carbonyl (C=O) groups is 2. The smallest absolute Gasteiger partial charge is 0.232 e. The van der Waals surface area contributed by atoms with Gasteiger partial charge in [-0.05, 0) is 13.3 Å². The summed E-state index contributed by atoms with van der Waals surface area (Å²) in [6.07, 6.45) is -0.0153. The summed E-state index contributed by atoms with van der Waals surface area (Å²) in [7, 11) is 0. The summed E-state index contributed by atoms with van der Waals surface area (Å²) in [5.41, 5.74) is 0. The van der Waals surface area contributed by atoms with Gasteiger partial charge in [-0.1, -0.05) is 13.8 Å². The molecule has 14 heavy (non-hydrogen) atoms. The maximum Gasteiger partial charge on any atom is 0.232 e. The number of nitrogens with zero attached hydrogens (tertiary/aromatic N) is 1. The van der Waals surface area contributed by atoms with Crippen molar-refractivity contribution in [3.05, 3.63) is 0 Å². The lowest BCUT2D eigenvalue weighted by molar-refractivity contribution is -0.140.